The first kappa shape index (κ1) is 16.7. The second-order valence-electron chi connectivity index (χ2n) is 5.06. The van der Waals surface area contributed by atoms with Crippen LogP contribution >= 0.6 is 12.4 Å². The van der Waals surface area contributed by atoms with Crippen LogP contribution in [0.3, 0.4) is 0 Å². The monoisotopic (exact) mass is 262 g/mol. The lowest BCUT2D eigenvalue weighted by molar-refractivity contribution is -0.125. The summed E-state index contributed by atoms with van der Waals surface area (Å²) in [6.45, 7) is 4.60. The predicted octanol–water partition coefficient (Wildman–Crippen LogP) is 2.48. The highest BCUT2D eigenvalue weighted by atomic mass is 35.5. The zero-order chi connectivity index (χ0) is 12.0. The van der Waals surface area contributed by atoms with E-state index < -0.39 is 0 Å². The molecular weight excluding hydrogens is 236 g/mol. The van der Waals surface area contributed by atoms with E-state index in [1.54, 1.807) is 0 Å². The van der Waals surface area contributed by atoms with E-state index in [0.717, 1.165) is 6.42 Å². The molecule has 1 amide bonds. The minimum Gasteiger partial charge on any atom is -0.352 e. The second kappa shape index (κ2) is 8.76. The molecule has 2 atom stereocenters. The summed E-state index contributed by atoms with van der Waals surface area (Å²) in [5.74, 6) is 0.882. The van der Waals surface area contributed by atoms with E-state index in [2.05, 4.69) is 5.32 Å². The average Bonchev–Trinajstić information content (AvgIpc) is 2.35. The zero-order valence-electron chi connectivity index (χ0n) is 11.1. The zero-order valence-corrected chi connectivity index (χ0v) is 11.9. The van der Waals surface area contributed by atoms with Crippen molar-refractivity contribution in [1.82, 2.24) is 5.32 Å². The number of nitrogens with one attached hydrogen (secondary N) is 1. The minimum atomic E-state index is 0. The third kappa shape index (κ3) is 5.26. The summed E-state index contributed by atoms with van der Waals surface area (Å²) in [5.41, 5.74) is 5.78. The Hall–Kier alpha value is -0.280. The number of amides is 1. The van der Waals surface area contributed by atoms with E-state index in [4.69, 9.17) is 5.73 Å². The number of hydrogen-bond acceptors (Lipinski definition) is 2. The Balaban J connectivity index is 0.00000256. The smallest absolute Gasteiger partial charge is 0.223 e. The van der Waals surface area contributed by atoms with Crippen LogP contribution in [0.25, 0.3) is 0 Å². The molecule has 0 saturated heterocycles. The highest BCUT2D eigenvalue weighted by Crippen LogP contribution is 2.26. The summed E-state index contributed by atoms with van der Waals surface area (Å²) < 4.78 is 0. The van der Waals surface area contributed by atoms with Crippen LogP contribution in [0.1, 0.15) is 52.4 Å². The summed E-state index contributed by atoms with van der Waals surface area (Å²) in [7, 11) is 0. The van der Waals surface area contributed by atoms with Crippen molar-refractivity contribution in [2.75, 3.05) is 6.54 Å². The lowest BCUT2D eigenvalue weighted by Gasteiger charge is -2.30. The van der Waals surface area contributed by atoms with E-state index >= 15 is 0 Å². The fraction of sp³-hybridized carbons (Fsp3) is 0.923. The first-order valence-corrected chi connectivity index (χ1v) is 6.69. The van der Waals surface area contributed by atoms with Gasteiger partial charge in [0.1, 0.15) is 0 Å². The Kier molecular flexibility index (Phi) is 8.61. The second-order valence-corrected chi connectivity index (χ2v) is 5.06. The molecule has 3 nitrogen and oxygen atoms in total. The summed E-state index contributed by atoms with van der Waals surface area (Å²) in [4.78, 5) is 11.8. The number of carbonyl (C=O) groups is 1. The summed E-state index contributed by atoms with van der Waals surface area (Å²) in [6, 6.07) is 0.196. The standard InChI is InChI=1S/C13H26N2O.ClH/c1-3-10(2)13(16)15-12(9-14)11-7-5-4-6-8-11;/h10-12H,3-9,14H2,1-2H3,(H,15,16);1H. The molecule has 0 spiro atoms. The first-order chi connectivity index (χ1) is 7.69. The fourth-order valence-electron chi connectivity index (χ4n) is 2.42. The van der Waals surface area contributed by atoms with Gasteiger partial charge in [0.05, 0.1) is 0 Å². The van der Waals surface area contributed by atoms with Gasteiger partial charge >= 0.3 is 0 Å². The fourth-order valence-corrected chi connectivity index (χ4v) is 2.42. The van der Waals surface area contributed by atoms with Crippen LogP contribution in [-0.4, -0.2) is 18.5 Å². The number of rotatable bonds is 5. The van der Waals surface area contributed by atoms with Crippen LogP contribution < -0.4 is 11.1 Å². The molecule has 1 aliphatic rings. The Morgan fingerprint density at radius 2 is 1.94 bits per heavy atom. The maximum Gasteiger partial charge on any atom is 0.223 e. The van der Waals surface area contributed by atoms with Crippen LogP contribution in [0.2, 0.25) is 0 Å². The molecule has 1 saturated carbocycles. The maximum atomic E-state index is 11.8. The van der Waals surface area contributed by atoms with E-state index in [1.807, 2.05) is 13.8 Å². The maximum absolute atomic E-state index is 11.8. The predicted molar refractivity (Wildman–Crippen MR) is 74.3 cm³/mol. The van der Waals surface area contributed by atoms with Crippen LogP contribution in [0.5, 0.6) is 0 Å². The highest BCUT2D eigenvalue weighted by molar-refractivity contribution is 5.85. The largest absolute Gasteiger partial charge is 0.352 e. The third-order valence-corrected chi connectivity index (χ3v) is 3.86. The van der Waals surface area contributed by atoms with Crippen molar-refractivity contribution >= 4 is 18.3 Å². The van der Waals surface area contributed by atoms with E-state index in [-0.39, 0.29) is 30.3 Å². The van der Waals surface area contributed by atoms with Gasteiger partial charge in [-0.15, -0.1) is 12.4 Å². The molecule has 0 aliphatic heterocycles. The Labute approximate surface area is 111 Å². The number of nitrogens with two attached hydrogens (primary N) is 1. The van der Waals surface area contributed by atoms with Gasteiger partial charge in [-0.05, 0) is 25.2 Å². The van der Waals surface area contributed by atoms with Gasteiger partial charge in [0, 0.05) is 18.5 Å². The molecule has 0 aromatic heterocycles. The highest BCUT2D eigenvalue weighted by Gasteiger charge is 2.24. The van der Waals surface area contributed by atoms with Gasteiger partial charge in [0.15, 0.2) is 0 Å². The van der Waals surface area contributed by atoms with Gasteiger partial charge in [0.25, 0.3) is 0 Å². The van der Waals surface area contributed by atoms with Crippen molar-refractivity contribution in [2.24, 2.45) is 17.6 Å². The molecule has 17 heavy (non-hydrogen) atoms. The quantitative estimate of drug-likeness (QED) is 0.800. The molecule has 3 N–H and O–H groups in total. The normalized spacial score (nSPS) is 20.2. The lowest BCUT2D eigenvalue weighted by Crippen LogP contribution is -2.47. The third-order valence-electron chi connectivity index (χ3n) is 3.86. The van der Waals surface area contributed by atoms with Crippen molar-refractivity contribution in [3.05, 3.63) is 0 Å². The molecular formula is C13H27ClN2O. The molecule has 4 heteroatoms. The van der Waals surface area contributed by atoms with Gasteiger partial charge in [-0.3, -0.25) is 4.79 Å². The number of hydrogen-bond donors (Lipinski definition) is 2. The van der Waals surface area contributed by atoms with Gasteiger partial charge in [-0.1, -0.05) is 33.1 Å². The van der Waals surface area contributed by atoms with Crippen molar-refractivity contribution in [1.29, 1.82) is 0 Å². The molecule has 2 unspecified atom stereocenters. The Bertz CT molecular complexity index is 217. The van der Waals surface area contributed by atoms with Gasteiger partial charge in [0.2, 0.25) is 5.91 Å². The Morgan fingerprint density at radius 3 is 2.41 bits per heavy atom. The number of carbonyl (C=O) groups excluding carboxylic acids is 1. The average molecular weight is 263 g/mol. The molecule has 102 valence electrons. The minimum absolute atomic E-state index is 0. The lowest BCUT2D eigenvalue weighted by atomic mass is 9.83. The van der Waals surface area contributed by atoms with Crippen LogP contribution in [-0.2, 0) is 4.79 Å². The molecule has 0 heterocycles. The molecule has 1 rings (SSSR count). The van der Waals surface area contributed by atoms with Crippen LogP contribution in [0.4, 0.5) is 0 Å². The summed E-state index contributed by atoms with van der Waals surface area (Å²) >= 11 is 0. The van der Waals surface area contributed by atoms with E-state index in [1.165, 1.54) is 32.1 Å². The SMILES string of the molecule is CCC(C)C(=O)NC(CN)C1CCCCC1.Cl. The van der Waals surface area contributed by atoms with E-state index in [0.29, 0.717) is 12.5 Å². The number of halogens is 1. The molecule has 0 aromatic rings. The molecule has 1 fully saturated rings. The first-order valence-electron chi connectivity index (χ1n) is 6.69. The summed E-state index contributed by atoms with van der Waals surface area (Å²) in [5, 5.41) is 3.12. The van der Waals surface area contributed by atoms with Crippen molar-refractivity contribution in [3.8, 4) is 0 Å². The molecule has 0 bridgehead atoms. The van der Waals surface area contributed by atoms with E-state index in [9.17, 15) is 4.79 Å². The molecule has 0 radical (unpaired) electrons. The van der Waals surface area contributed by atoms with Gasteiger partial charge in [-0.2, -0.15) is 0 Å². The van der Waals surface area contributed by atoms with Crippen LogP contribution in [0.15, 0.2) is 0 Å². The van der Waals surface area contributed by atoms with Crippen molar-refractivity contribution in [3.63, 3.8) is 0 Å². The van der Waals surface area contributed by atoms with Crippen LogP contribution in [0, 0.1) is 11.8 Å². The summed E-state index contributed by atoms with van der Waals surface area (Å²) in [6.07, 6.45) is 7.27. The van der Waals surface area contributed by atoms with Crippen molar-refractivity contribution in [2.45, 2.75) is 58.4 Å². The molecule has 0 aromatic carbocycles. The van der Waals surface area contributed by atoms with Crippen molar-refractivity contribution < 1.29 is 4.79 Å². The Morgan fingerprint density at radius 1 is 1.35 bits per heavy atom. The van der Waals surface area contributed by atoms with Gasteiger partial charge in [-0.25, -0.2) is 0 Å². The molecule has 1 aliphatic carbocycles. The van der Waals surface area contributed by atoms with Gasteiger partial charge < -0.3 is 11.1 Å². The topological polar surface area (TPSA) is 55.1 Å².